The summed E-state index contributed by atoms with van der Waals surface area (Å²) in [6.45, 7) is 3.52. The van der Waals surface area contributed by atoms with Gasteiger partial charge in [-0.2, -0.15) is 0 Å². The molecule has 0 spiro atoms. The Bertz CT molecular complexity index is 340. The number of rotatable bonds is 1. The van der Waals surface area contributed by atoms with Crippen LogP contribution >= 0.6 is 0 Å². The van der Waals surface area contributed by atoms with Crippen molar-refractivity contribution in [2.24, 2.45) is 0 Å². The molecule has 74 valence electrons. The summed E-state index contributed by atoms with van der Waals surface area (Å²) in [7, 11) is 5.52. The molecular formula is C8H10BNO4. The van der Waals surface area contributed by atoms with Crippen LogP contribution in [-0.4, -0.2) is 23.7 Å². The van der Waals surface area contributed by atoms with Crippen molar-refractivity contribution in [2.75, 3.05) is 0 Å². The molecule has 2 N–H and O–H groups in total. The number of aryl methyl sites for hydroxylation is 2. The zero-order chi connectivity index (χ0) is 9.30. The molecule has 5 nitrogen and oxygen atoms in total. The van der Waals surface area contributed by atoms with Gasteiger partial charge in [0.25, 0.3) is 0 Å². The number of hydrogen-bond acceptors (Lipinski definition) is 4. The Morgan fingerprint density at radius 1 is 1.21 bits per heavy atom. The molecule has 0 aliphatic rings. The van der Waals surface area contributed by atoms with E-state index in [-0.39, 0.29) is 16.6 Å². The first-order chi connectivity index (χ1) is 5.52. The van der Waals surface area contributed by atoms with Crippen molar-refractivity contribution in [3.8, 4) is 0 Å². The summed E-state index contributed by atoms with van der Waals surface area (Å²) in [6, 6.07) is 3.11. The van der Waals surface area contributed by atoms with E-state index in [4.69, 9.17) is 7.85 Å². The molecule has 6 heteroatoms. The Labute approximate surface area is 82.9 Å². The van der Waals surface area contributed by atoms with Gasteiger partial charge in [0.2, 0.25) is 0 Å². The number of nitro groups is 1. The molecule has 0 bridgehead atoms. The van der Waals surface area contributed by atoms with Crippen molar-refractivity contribution < 1.29 is 15.9 Å². The topological polar surface area (TPSA) is 103 Å². The molecule has 1 rings (SSSR count). The van der Waals surface area contributed by atoms with Gasteiger partial charge in [0, 0.05) is 0 Å². The number of nitro benzene ring substituents is 1. The molecule has 0 amide bonds. The van der Waals surface area contributed by atoms with Crippen LogP contribution in [-0.2, 0) is 0 Å². The number of hydrogen-bond donors (Lipinski definition) is 0. The Balaban J connectivity index is 0. The monoisotopic (exact) mass is 195 g/mol. The maximum absolute atomic E-state index is 10.4. The quantitative estimate of drug-likeness (QED) is 0.372. The summed E-state index contributed by atoms with van der Waals surface area (Å²) in [6.07, 6.45) is 0. The molecule has 0 fully saturated rings. The Kier molecular flexibility index (Phi) is 5.78. The van der Waals surface area contributed by atoms with Gasteiger partial charge in [-0.25, -0.2) is 0 Å². The summed E-state index contributed by atoms with van der Waals surface area (Å²) < 4.78 is 0. The third kappa shape index (κ3) is 2.83. The fourth-order valence-corrected chi connectivity index (χ4v) is 1.05. The smallest absolute Gasteiger partial charge is 0.870 e. The van der Waals surface area contributed by atoms with E-state index in [0.717, 1.165) is 5.56 Å². The zero-order valence-electron chi connectivity index (χ0n) is 7.89. The molecular weight excluding hydrogens is 185 g/mol. The summed E-state index contributed by atoms with van der Waals surface area (Å²) in [5, 5.41) is 10.4. The first-order valence-corrected chi connectivity index (χ1v) is 3.53. The van der Waals surface area contributed by atoms with Gasteiger partial charge in [-0.3, -0.25) is 0 Å². The maximum atomic E-state index is 10.4. The number of benzene rings is 1. The molecule has 14 heavy (non-hydrogen) atoms. The Hall–Kier alpha value is -1.40. The van der Waals surface area contributed by atoms with Gasteiger partial charge in [-0.15, -0.1) is 0 Å². The van der Waals surface area contributed by atoms with Gasteiger partial charge in [0.15, 0.2) is 0 Å². The van der Waals surface area contributed by atoms with Gasteiger partial charge < -0.3 is 11.0 Å². The van der Waals surface area contributed by atoms with E-state index in [0.29, 0.717) is 11.0 Å². The summed E-state index contributed by atoms with van der Waals surface area (Å²) in [4.78, 5) is 10.0. The minimum Gasteiger partial charge on any atom is -0.870 e. The first-order valence-electron chi connectivity index (χ1n) is 3.53. The van der Waals surface area contributed by atoms with Crippen LogP contribution in [0.25, 0.3) is 0 Å². The molecule has 1 aromatic carbocycles. The average molecular weight is 195 g/mol. The second-order valence-electron chi connectivity index (χ2n) is 2.75. The molecule has 0 saturated carbocycles. The average Bonchev–Trinajstić information content (AvgIpc) is 1.96. The predicted octanol–water partition coefficient (Wildman–Crippen LogP) is 0.652. The van der Waals surface area contributed by atoms with Crippen LogP contribution in [0.2, 0.25) is 0 Å². The van der Waals surface area contributed by atoms with Gasteiger partial charge in [0.05, 0.1) is 0 Å². The molecule has 0 aliphatic heterocycles. The van der Waals surface area contributed by atoms with Crippen molar-refractivity contribution in [3.05, 3.63) is 33.4 Å². The van der Waals surface area contributed by atoms with Crippen LogP contribution in [0.15, 0.2) is 12.1 Å². The third-order valence-electron chi connectivity index (χ3n) is 1.78. The molecule has 0 radical (unpaired) electrons. The standard InChI is InChI=1S/C8H8BNO2.2H2O/c1-5-3-6(2)8(10(11)12)4-7(5)9;;/h3-4H,1-2H3;2*1H2/q+2;;/p-2. The minimum absolute atomic E-state index is 0. The normalized spacial score (nSPS) is 8.57. The molecule has 0 aromatic heterocycles. The van der Waals surface area contributed by atoms with E-state index in [1.807, 2.05) is 6.92 Å². The van der Waals surface area contributed by atoms with Gasteiger partial charge in [0.1, 0.15) is 0 Å². The molecule has 1 aromatic rings. The van der Waals surface area contributed by atoms with Crippen LogP contribution in [0.5, 0.6) is 0 Å². The Morgan fingerprint density at radius 3 is 2.14 bits per heavy atom. The number of nitrogens with zero attached hydrogens (tertiary/aromatic N) is 1. The predicted molar refractivity (Wildman–Crippen MR) is 51.8 cm³/mol. The van der Waals surface area contributed by atoms with Crippen LogP contribution in [0.3, 0.4) is 0 Å². The fourth-order valence-electron chi connectivity index (χ4n) is 1.05. The summed E-state index contributed by atoms with van der Waals surface area (Å²) in [5.74, 6) is 0. The SMILES string of the molecule is [B+2]c1cc([N+](=O)[O-])c(C)cc1C.[OH-].[OH-]. The summed E-state index contributed by atoms with van der Waals surface area (Å²) in [5.41, 5.74) is 2.07. The van der Waals surface area contributed by atoms with Crippen LogP contribution in [0.1, 0.15) is 11.1 Å². The van der Waals surface area contributed by atoms with E-state index in [2.05, 4.69) is 0 Å². The third-order valence-corrected chi connectivity index (χ3v) is 1.78. The molecule has 0 saturated heterocycles. The van der Waals surface area contributed by atoms with Crippen molar-refractivity contribution >= 4 is 19.0 Å². The van der Waals surface area contributed by atoms with Crippen molar-refractivity contribution in [3.63, 3.8) is 0 Å². The van der Waals surface area contributed by atoms with Gasteiger partial charge in [-0.05, 0) is 0 Å². The second kappa shape index (κ2) is 5.36. The van der Waals surface area contributed by atoms with Crippen molar-refractivity contribution in [1.29, 1.82) is 0 Å². The van der Waals surface area contributed by atoms with E-state index in [1.54, 1.807) is 13.0 Å². The Morgan fingerprint density at radius 2 is 1.71 bits per heavy atom. The summed E-state index contributed by atoms with van der Waals surface area (Å²) >= 11 is 0. The van der Waals surface area contributed by atoms with Crippen LogP contribution in [0, 0.1) is 24.0 Å². The van der Waals surface area contributed by atoms with E-state index in [9.17, 15) is 10.1 Å². The zero-order valence-corrected chi connectivity index (χ0v) is 7.89. The van der Waals surface area contributed by atoms with Crippen LogP contribution < -0.4 is 5.46 Å². The van der Waals surface area contributed by atoms with E-state index >= 15 is 0 Å². The molecule has 0 aliphatic carbocycles. The maximum Gasteiger partial charge on any atom is -0.870 e. The molecule has 0 heterocycles. The second-order valence-corrected chi connectivity index (χ2v) is 2.75. The van der Waals surface area contributed by atoms with Crippen molar-refractivity contribution in [2.45, 2.75) is 13.8 Å². The van der Waals surface area contributed by atoms with Gasteiger partial charge >= 0.3 is 71.1 Å². The minimum atomic E-state index is -0.425. The molecule has 0 unspecified atom stereocenters. The van der Waals surface area contributed by atoms with E-state index in [1.165, 1.54) is 6.07 Å². The first kappa shape index (κ1) is 15.1. The van der Waals surface area contributed by atoms with Crippen molar-refractivity contribution in [1.82, 2.24) is 0 Å². The molecule has 0 atom stereocenters. The van der Waals surface area contributed by atoms with Crippen LogP contribution in [0.4, 0.5) is 5.69 Å². The fraction of sp³-hybridized carbons (Fsp3) is 0.250. The van der Waals surface area contributed by atoms with E-state index < -0.39 is 4.92 Å². The van der Waals surface area contributed by atoms with Gasteiger partial charge in [-0.1, -0.05) is 0 Å². The largest absolute Gasteiger partial charge is 0.870 e.